The number of hydrogen-bond donors (Lipinski definition) is 1. The van der Waals surface area contributed by atoms with E-state index in [2.05, 4.69) is 175 Å². The van der Waals surface area contributed by atoms with Gasteiger partial charge in [0.1, 0.15) is 12.0 Å². The fourth-order valence-electron chi connectivity index (χ4n) is 7.76. The van der Waals surface area contributed by atoms with Gasteiger partial charge in [0, 0.05) is 27.5 Å². The number of para-hydroxylation sites is 1. The standard InChI is InChI=1S/C52H36N4.C2H6/c1-4-16-36(17-5-1)43-22-10-11-23-44(43)41-32-40(35-28-30-37(31-29-35)49-47-26-13-12-24-45(47)46-25-14-15-27-48(46)53-49)33-42(34-41)52-55-50(38-18-6-2-7-19-38)54-51(56-52)39-20-8-3-9-21-39;1-2/h1-34,52H,(H,54,55,56);1-2H3. The molecule has 1 aliphatic heterocycles. The van der Waals surface area contributed by atoms with Gasteiger partial charge < -0.3 is 5.32 Å². The molecule has 1 atom stereocenters. The Bertz CT molecular complexity index is 2920. The molecule has 0 saturated heterocycles. The maximum atomic E-state index is 5.27. The molecule has 1 aliphatic rings. The molecular weight excluding hydrogens is 705 g/mol. The van der Waals surface area contributed by atoms with Crippen LogP contribution in [0, 0.1) is 0 Å². The fraction of sp³-hybridized carbons (Fsp3) is 0.0556. The van der Waals surface area contributed by atoms with Crippen molar-refractivity contribution in [2.75, 3.05) is 0 Å². The summed E-state index contributed by atoms with van der Waals surface area (Å²) in [6.45, 7) is 4.00. The van der Waals surface area contributed by atoms with E-state index >= 15 is 0 Å². The number of aliphatic imine (C=N–C) groups is 2. The number of hydrogen-bond acceptors (Lipinski definition) is 4. The van der Waals surface area contributed by atoms with Crippen molar-refractivity contribution in [2.24, 2.45) is 9.98 Å². The van der Waals surface area contributed by atoms with Crippen LogP contribution in [0.3, 0.4) is 0 Å². The van der Waals surface area contributed by atoms with Crippen LogP contribution in [0.4, 0.5) is 0 Å². The largest absolute Gasteiger partial charge is 0.344 e. The van der Waals surface area contributed by atoms with Crippen LogP contribution in [0.5, 0.6) is 0 Å². The van der Waals surface area contributed by atoms with E-state index in [4.69, 9.17) is 15.0 Å². The summed E-state index contributed by atoms with van der Waals surface area (Å²) in [5.41, 5.74) is 12.9. The van der Waals surface area contributed by atoms with Crippen LogP contribution in [-0.4, -0.2) is 16.7 Å². The van der Waals surface area contributed by atoms with Gasteiger partial charge in [0.2, 0.25) is 0 Å². The van der Waals surface area contributed by atoms with Crippen molar-refractivity contribution in [3.05, 3.63) is 223 Å². The zero-order valence-electron chi connectivity index (χ0n) is 32.5. The number of pyridine rings is 1. The lowest BCUT2D eigenvalue weighted by Crippen LogP contribution is -2.33. The molecule has 10 rings (SSSR count). The molecule has 0 bridgehead atoms. The Kier molecular flexibility index (Phi) is 10.2. The first-order valence-corrected chi connectivity index (χ1v) is 20.0. The molecule has 8 aromatic carbocycles. The zero-order chi connectivity index (χ0) is 39.3. The predicted molar refractivity (Wildman–Crippen MR) is 244 cm³/mol. The highest BCUT2D eigenvalue weighted by Gasteiger charge is 2.23. The highest BCUT2D eigenvalue weighted by molar-refractivity contribution is 6.13. The van der Waals surface area contributed by atoms with Gasteiger partial charge in [0.25, 0.3) is 0 Å². The Morgan fingerprint density at radius 3 is 1.60 bits per heavy atom. The van der Waals surface area contributed by atoms with E-state index in [0.717, 1.165) is 66.9 Å². The fourth-order valence-corrected chi connectivity index (χ4v) is 7.76. The van der Waals surface area contributed by atoms with Gasteiger partial charge in [-0.2, -0.15) is 0 Å². The lowest BCUT2D eigenvalue weighted by atomic mass is 9.90. The second kappa shape index (κ2) is 16.4. The van der Waals surface area contributed by atoms with Crippen LogP contribution in [0.2, 0.25) is 0 Å². The quantitative estimate of drug-likeness (QED) is 0.165. The van der Waals surface area contributed by atoms with Gasteiger partial charge >= 0.3 is 0 Å². The third-order valence-corrected chi connectivity index (χ3v) is 10.5. The molecule has 1 N–H and O–H groups in total. The Labute approximate surface area is 340 Å². The molecule has 4 heteroatoms. The van der Waals surface area contributed by atoms with Crippen molar-refractivity contribution in [1.82, 2.24) is 10.3 Å². The zero-order valence-corrected chi connectivity index (χ0v) is 32.5. The van der Waals surface area contributed by atoms with Crippen molar-refractivity contribution >= 4 is 33.3 Å². The SMILES string of the molecule is CC.c1ccc(C2=NC(c3cc(-c4ccc(-c5nc6ccccc6c6ccccc56)cc4)cc(-c4ccccc4-c4ccccc4)c3)NC(c3ccccc3)=N2)cc1. The predicted octanol–water partition coefficient (Wildman–Crippen LogP) is 13.6. The van der Waals surface area contributed by atoms with Gasteiger partial charge in [-0.25, -0.2) is 15.0 Å². The third kappa shape index (κ3) is 7.20. The first-order chi connectivity index (χ1) is 28.7. The van der Waals surface area contributed by atoms with Gasteiger partial charge in [-0.15, -0.1) is 0 Å². The summed E-state index contributed by atoms with van der Waals surface area (Å²) in [6.07, 6.45) is -0.382. The van der Waals surface area contributed by atoms with Crippen LogP contribution in [0.15, 0.2) is 216 Å². The smallest absolute Gasteiger partial charge is 0.159 e. The minimum absolute atomic E-state index is 0.382. The first kappa shape index (κ1) is 36.2. The Morgan fingerprint density at radius 1 is 0.397 bits per heavy atom. The van der Waals surface area contributed by atoms with Crippen molar-refractivity contribution in [1.29, 1.82) is 0 Å². The van der Waals surface area contributed by atoms with E-state index in [-0.39, 0.29) is 6.17 Å². The molecule has 1 unspecified atom stereocenters. The van der Waals surface area contributed by atoms with E-state index in [0.29, 0.717) is 5.84 Å². The molecule has 9 aromatic rings. The van der Waals surface area contributed by atoms with E-state index in [9.17, 15) is 0 Å². The summed E-state index contributed by atoms with van der Waals surface area (Å²) in [7, 11) is 0. The second-order valence-electron chi connectivity index (χ2n) is 14.0. The molecule has 1 aromatic heterocycles. The minimum Gasteiger partial charge on any atom is -0.344 e. The van der Waals surface area contributed by atoms with Gasteiger partial charge in [0.05, 0.1) is 11.2 Å². The molecule has 0 fully saturated rings. The lowest BCUT2D eigenvalue weighted by Gasteiger charge is -2.25. The van der Waals surface area contributed by atoms with Crippen molar-refractivity contribution < 1.29 is 0 Å². The minimum atomic E-state index is -0.382. The molecule has 4 nitrogen and oxygen atoms in total. The summed E-state index contributed by atoms with van der Waals surface area (Å²) < 4.78 is 0. The summed E-state index contributed by atoms with van der Waals surface area (Å²) in [6, 6.07) is 72.4. The maximum Gasteiger partial charge on any atom is 0.159 e. The molecule has 0 amide bonds. The van der Waals surface area contributed by atoms with Crippen molar-refractivity contribution in [2.45, 2.75) is 20.0 Å². The van der Waals surface area contributed by atoms with Crippen LogP contribution in [0.25, 0.3) is 66.3 Å². The van der Waals surface area contributed by atoms with Crippen LogP contribution < -0.4 is 5.32 Å². The second-order valence-corrected chi connectivity index (χ2v) is 14.0. The topological polar surface area (TPSA) is 49.6 Å². The molecular formula is C54H42N4. The van der Waals surface area contributed by atoms with Crippen LogP contribution in [0.1, 0.15) is 36.7 Å². The van der Waals surface area contributed by atoms with E-state index in [1.54, 1.807) is 0 Å². The van der Waals surface area contributed by atoms with Crippen LogP contribution in [-0.2, 0) is 0 Å². The van der Waals surface area contributed by atoms with Crippen molar-refractivity contribution in [3.63, 3.8) is 0 Å². The van der Waals surface area contributed by atoms with E-state index < -0.39 is 0 Å². The molecule has 0 spiro atoms. The number of benzene rings is 8. The number of nitrogens with one attached hydrogen (secondary N) is 1. The summed E-state index contributed by atoms with van der Waals surface area (Å²) >= 11 is 0. The van der Waals surface area contributed by atoms with Gasteiger partial charge in [0.15, 0.2) is 5.84 Å². The molecule has 278 valence electrons. The Hall–Kier alpha value is -7.43. The summed E-state index contributed by atoms with van der Waals surface area (Å²) in [5.74, 6) is 1.49. The van der Waals surface area contributed by atoms with Crippen LogP contribution >= 0.6 is 0 Å². The monoisotopic (exact) mass is 746 g/mol. The third-order valence-electron chi connectivity index (χ3n) is 10.5. The molecule has 0 saturated carbocycles. The number of rotatable bonds is 7. The summed E-state index contributed by atoms with van der Waals surface area (Å²) in [4.78, 5) is 15.5. The highest BCUT2D eigenvalue weighted by atomic mass is 15.2. The molecule has 0 aliphatic carbocycles. The van der Waals surface area contributed by atoms with Crippen molar-refractivity contribution in [3.8, 4) is 44.6 Å². The highest BCUT2D eigenvalue weighted by Crippen LogP contribution is 2.38. The number of amidine groups is 2. The number of fused-ring (bicyclic) bond motifs is 3. The normalized spacial score (nSPS) is 13.5. The average molecular weight is 747 g/mol. The van der Waals surface area contributed by atoms with E-state index in [1.165, 1.54) is 21.9 Å². The Balaban J connectivity index is 0.00000215. The summed E-state index contributed by atoms with van der Waals surface area (Å²) in [5, 5.41) is 7.23. The van der Waals surface area contributed by atoms with E-state index in [1.807, 2.05) is 50.2 Å². The van der Waals surface area contributed by atoms with Gasteiger partial charge in [-0.05, 0) is 68.6 Å². The molecule has 0 radical (unpaired) electrons. The lowest BCUT2D eigenvalue weighted by molar-refractivity contribution is 0.674. The van der Waals surface area contributed by atoms with Gasteiger partial charge in [-0.1, -0.05) is 196 Å². The van der Waals surface area contributed by atoms with Gasteiger partial charge in [-0.3, -0.25) is 0 Å². The molecule has 2 heterocycles. The Morgan fingerprint density at radius 2 is 0.914 bits per heavy atom. The number of nitrogens with zero attached hydrogens (tertiary/aromatic N) is 3. The average Bonchev–Trinajstić information content (AvgIpc) is 3.32. The first-order valence-electron chi connectivity index (χ1n) is 20.0. The molecule has 58 heavy (non-hydrogen) atoms. The maximum absolute atomic E-state index is 5.27. The number of aromatic nitrogens is 1.